The van der Waals surface area contributed by atoms with Gasteiger partial charge >= 0.3 is 0 Å². The van der Waals surface area contributed by atoms with E-state index in [1.54, 1.807) is 13.2 Å². The first-order valence-electron chi connectivity index (χ1n) is 5.14. The van der Waals surface area contributed by atoms with Gasteiger partial charge in [-0.2, -0.15) is 0 Å². The van der Waals surface area contributed by atoms with Crippen LogP contribution in [-0.2, 0) is 20.8 Å². The summed E-state index contributed by atoms with van der Waals surface area (Å²) >= 11 is 5.55. The van der Waals surface area contributed by atoms with E-state index in [-0.39, 0.29) is 16.9 Å². The van der Waals surface area contributed by atoms with Crippen LogP contribution in [0.5, 0.6) is 0 Å². The Morgan fingerprint density at radius 1 is 1.38 bits per heavy atom. The summed E-state index contributed by atoms with van der Waals surface area (Å²) in [7, 11) is -4.15. The third kappa shape index (κ3) is 7.60. The number of hydrogen-bond acceptors (Lipinski definition) is 3. The van der Waals surface area contributed by atoms with Crippen LogP contribution < -0.4 is 4.72 Å². The fourth-order valence-corrected chi connectivity index (χ4v) is 3.16. The Balaban J connectivity index is 3.96. The number of rotatable bonds is 8. The molecule has 0 bridgehead atoms. The van der Waals surface area contributed by atoms with Gasteiger partial charge in [-0.1, -0.05) is 13.8 Å². The number of hydrogen-bond donors (Lipinski definition) is 1. The monoisotopic (exact) mass is 289 g/mol. The van der Waals surface area contributed by atoms with E-state index in [2.05, 4.69) is 4.72 Å². The summed E-state index contributed by atoms with van der Waals surface area (Å²) in [6.07, 6.45) is 2.20. The van der Waals surface area contributed by atoms with E-state index >= 15 is 0 Å². The van der Waals surface area contributed by atoms with Crippen molar-refractivity contribution in [1.29, 1.82) is 0 Å². The Bertz CT molecular complexity index is 319. The van der Waals surface area contributed by atoms with E-state index in [4.69, 9.17) is 11.6 Å². The lowest BCUT2D eigenvalue weighted by Gasteiger charge is -2.11. The van der Waals surface area contributed by atoms with Crippen LogP contribution in [0.3, 0.4) is 0 Å². The summed E-state index contributed by atoms with van der Waals surface area (Å²) in [6, 6.07) is 0. The van der Waals surface area contributed by atoms with Crippen molar-refractivity contribution in [1.82, 2.24) is 4.72 Å². The van der Waals surface area contributed by atoms with Crippen LogP contribution in [0, 0.1) is 5.92 Å². The highest BCUT2D eigenvalue weighted by atomic mass is 35.5. The zero-order valence-electron chi connectivity index (χ0n) is 9.90. The zero-order chi connectivity index (χ0) is 12.8. The van der Waals surface area contributed by atoms with E-state index in [1.807, 2.05) is 6.92 Å². The second-order valence-corrected chi connectivity index (χ2v) is 8.00. The molecule has 0 aromatic carbocycles. The molecular formula is C9H20ClNO3S2. The maximum absolute atomic E-state index is 11.5. The van der Waals surface area contributed by atoms with Crippen LogP contribution in [-0.4, -0.2) is 42.3 Å². The van der Waals surface area contributed by atoms with Crippen molar-refractivity contribution < 1.29 is 12.6 Å². The largest absolute Gasteiger partial charge is 0.260 e. The minimum absolute atomic E-state index is 0.00755. The first kappa shape index (κ1) is 16.4. The van der Waals surface area contributed by atoms with E-state index in [0.717, 1.165) is 0 Å². The molecule has 4 nitrogen and oxygen atoms in total. The van der Waals surface area contributed by atoms with Crippen LogP contribution in [0.25, 0.3) is 0 Å². The van der Waals surface area contributed by atoms with Gasteiger partial charge in [-0.05, 0) is 12.3 Å². The number of nitrogens with one attached hydrogen (secondary N) is 1. The molecule has 0 radical (unpaired) electrons. The molecule has 16 heavy (non-hydrogen) atoms. The molecule has 1 N–H and O–H groups in total. The molecule has 3 unspecified atom stereocenters. The van der Waals surface area contributed by atoms with Gasteiger partial charge in [0.25, 0.3) is 0 Å². The standard InChI is InChI=1S/C9H20ClNO3S2/c1-8(6-10)7-16(13,14)11-5-4-9(2)15(3)12/h8-9,11H,4-7H2,1-3H3. The topological polar surface area (TPSA) is 63.2 Å². The predicted molar refractivity (Wildman–Crippen MR) is 69.8 cm³/mol. The van der Waals surface area contributed by atoms with Crippen molar-refractivity contribution in [3.05, 3.63) is 0 Å². The highest BCUT2D eigenvalue weighted by Crippen LogP contribution is 2.03. The third-order valence-corrected chi connectivity index (χ3v) is 5.75. The van der Waals surface area contributed by atoms with Crippen LogP contribution >= 0.6 is 11.6 Å². The molecule has 0 amide bonds. The summed E-state index contributed by atoms with van der Waals surface area (Å²) in [5.74, 6) is 0.313. The Kier molecular flexibility index (Phi) is 7.80. The molecule has 0 aliphatic carbocycles. The maximum atomic E-state index is 11.5. The van der Waals surface area contributed by atoms with Gasteiger partial charge in [0.2, 0.25) is 10.0 Å². The van der Waals surface area contributed by atoms with Crippen LogP contribution in [0.1, 0.15) is 20.3 Å². The first-order chi connectivity index (χ1) is 7.28. The van der Waals surface area contributed by atoms with E-state index < -0.39 is 20.8 Å². The summed E-state index contributed by atoms with van der Waals surface area (Å²) in [6.45, 7) is 3.96. The van der Waals surface area contributed by atoms with Crippen molar-refractivity contribution in [2.75, 3.05) is 24.4 Å². The van der Waals surface area contributed by atoms with Crippen molar-refractivity contribution in [2.24, 2.45) is 5.92 Å². The van der Waals surface area contributed by atoms with Gasteiger partial charge < -0.3 is 0 Å². The number of alkyl halides is 1. The Morgan fingerprint density at radius 3 is 2.38 bits per heavy atom. The summed E-state index contributed by atoms with van der Waals surface area (Å²) < 4.78 is 36.5. The Morgan fingerprint density at radius 2 is 1.94 bits per heavy atom. The maximum Gasteiger partial charge on any atom is 0.211 e. The number of sulfonamides is 1. The highest BCUT2D eigenvalue weighted by molar-refractivity contribution is 7.89. The van der Waals surface area contributed by atoms with E-state index in [0.29, 0.717) is 18.8 Å². The van der Waals surface area contributed by atoms with Gasteiger partial charge in [-0.3, -0.25) is 4.21 Å². The third-order valence-electron chi connectivity index (χ3n) is 2.21. The summed E-state index contributed by atoms with van der Waals surface area (Å²) in [5, 5.41) is 0.00755. The molecule has 0 heterocycles. The normalized spacial score (nSPS) is 18.0. The van der Waals surface area contributed by atoms with Gasteiger partial charge in [0, 0.05) is 34.7 Å². The molecule has 0 aliphatic heterocycles. The van der Waals surface area contributed by atoms with Crippen molar-refractivity contribution >= 4 is 32.4 Å². The fourth-order valence-electron chi connectivity index (χ4n) is 1.06. The molecular weight excluding hydrogens is 270 g/mol. The minimum atomic E-state index is -3.25. The van der Waals surface area contributed by atoms with Crippen molar-refractivity contribution in [2.45, 2.75) is 25.5 Å². The SMILES string of the molecule is CC(CCl)CS(=O)(=O)NCCC(C)S(C)=O. The molecule has 0 aromatic rings. The minimum Gasteiger partial charge on any atom is -0.260 e. The average molecular weight is 290 g/mol. The predicted octanol–water partition coefficient (Wildman–Crippen LogP) is 0.938. The molecule has 0 fully saturated rings. The smallest absolute Gasteiger partial charge is 0.211 e. The second kappa shape index (κ2) is 7.63. The Hall–Kier alpha value is 0.350. The van der Waals surface area contributed by atoms with Crippen LogP contribution in [0.4, 0.5) is 0 Å². The zero-order valence-corrected chi connectivity index (χ0v) is 12.3. The number of halogens is 1. The van der Waals surface area contributed by atoms with Crippen LogP contribution in [0.15, 0.2) is 0 Å². The molecule has 0 aromatic heterocycles. The van der Waals surface area contributed by atoms with Crippen molar-refractivity contribution in [3.63, 3.8) is 0 Å². The van der Waals surface area contributed by atoms with Gasteiger partial charge in [0.15, 0.2) is 0 Å². The molecule has 98 valence electrons. The van der Waals surface area contributed by atoms with E-state index in [9.17, 15) is 12.6 Å². The molecule has 0 saturated heterocycles. The fraction of sp³-hybridized carbons (Fsp3) is 1.00. The lowest BCUT2D eigenvalue weighted by atomic mass is 10.3. The van der Waals surface area contributed by atoms with Gasteiger partial charge in [-0.15, -0.1) is 11.6 Å². The molecule has 0 saturated carbocycles. The molecule has 0 aliphatic rings. The Labute approximate surface area is 106 Å². The molecule has 0 rings (SSSR count). The second-order valence-electron chi connectivity index (χ2n) is 4.03. The van der Waals surface area contributed by atoms with Crippen LogP contribution in [0.2, 0.25) is 0 Å². The molecule has 7 heteroatoms. The highest BCUT2D eigenvalue weighted by Gasteiger charge is 2.15. The summed E-state index contributed by atoms with van der Waals surface area (Å²) in [4.78, 5) is 0. The van der Waals surface area contributed by atoms with Gasteiger partial charge in [0.05, 0.1) is 5.75 Å². The summed E-state index contributed by atoms with van der Waals surface area (Å²) in [5.41, 5.74) is 0. The van der Waals surface area contributed by atoms with E-state index in [1.165, 1.54) is 0 Å². The molecule has 0 spiro atoms. The van der Waals surface area contributed by atoms with Gasteiger partial charge in [0.1, 0.15) is 0 Å². The van der Waals surface area contributed by atoms with Crippen molar-refractivity contribution in [3.8, 4) is 0 Å². The first-order valence-corrected chi connectivity index (χ1v) is 8.95. The quantitative estimate of drug-likeness (QED) is 0.677. The molecule has 3 atom stereocenters. The lowest BCUT2D eigenvalue weighted by Crippen LogP contribution is -2.32. The lowest BCUT2D eigenvalue weighted by molar-refractivity contribution is 0.565. The average Bonchev–Trinajstić information content (AvgIpc) is 2.16. The van der Waals surface area contributed by atoms with Gasteiger partial charge in [-0.25, -0.2) is 13.1 Å².